The maximum absolute atomic E-state index is 12.4. The molecule has 3 rings (SSSR count). The van der Waals surface area contributed by atoms with Crippen molar-refractivity contribution in [3.8, 4) is 0 Å². The molecule has 7 heteroatoms. The molecule has 2 aromatic heterocycles. The number of urea groups is 1. The molecule has 1 unspecified atom stereocenters. The van der Waals surface area contributed by atoms with Crippen molar-refractivity contribution in [1.82, 2.24) is 20.2 Å². The van der Waals surface area contributed by atoms with Crippen LogP contribution >= 0.6 is 0 Å². The van der Waals surface area contributed by atoms with Gasteiger partial charge in [-0.15, -0.1) is 0 Å². The summed E-state index contributed by atoms with van der Waals surface area (Å²) in [5, 5.41) is 2.98. The number of piperazine rings is 1. The van der Waals surface area contributed by atoms with Crippen molar-refractivity contribution >= 4 is 12.0 Å². The van der Waals surface area contributed by atoms with Crippen molar-refractivity contribution in [2.75, 3.05) is 31.1 Å². The summed E-state index contributed by atoms with van der Waals surface area (Å²) in [4.78, 5) is 24.7. The molecule has 0 aliphatic carbocycles. The third-order valence-electron chi connectivity index (χ3n) is 3.93. The summed E-state index contributed by atoms with van der Waals surface area (Å²) in [7, 11) is 0. The van der Waals surface area contributed by atoms with Gasteiger partial charge in [-0.2, -0.15) is 0 Å². The van der Waals surface area contributed by atoms with Crippen molar-refractivity contribution < 1.29 is 9.21 Å². The minimum absolute atomic E-state index is 0.0693. The number of amides is 2. The van der Waals surface area contributed by atoms with E-state index in [0.717, 1.165) is 24.6 Å². The fourth-order valence-corrected chi connectivity index (χ4v) is 2.60. The standard InChI is InChI=1S/C16H21N5O2/c1-12-4-5-14(23-12)13(2)19-16(22)21-10-8-20(9-11-21)15-17-6-3-7-18-15/h3-7,13H,8-11H2,1-2H3,(H,19,22). The topological polar surface area (TPSA) is 74.5 Å². The van der Waals surface area contributed by atoms with Gasteiger partial charge < -0.3 is 19.5 Å². The highest BCUT2D eigenvalue weighted by atomic mass is 16.3. The van der Waals surface area contributed by atoms with Gasteiger partial charge in [0, 0.05) is 38.6 Å². The van der Waals surface area contributed by atoms with Crippen LogP contribution in [0.15, 0.2) is 35.0 Å². The largest absolute Gasteiger partial charge is 0.464 e. The number of aryl methyl sites for hydroxylation is 1. The minimum atomic E-state index is -0.147. The summed E-state index contributed by atoms with van der Waals surface area (Å²) in [5.41, 5.74) is 0. The van der Waals surface area contributed by atoms with Gasteiger partial charge in [0.1, 0.15) is 11.5 Å². The number of furan rings is 1. The zero-order valence-corrected chi connectivity index (χ0v) is 13.4. The van der Waals surface area contributed by atoms with Crippen LogP contribution in [0.5, 0.6) is 0 Å². The Bertz CT molecular complexity index is 650. The summed E-state index contributed by atoms with van der Waals surface area (Å²) in [5.74, 6) is 2.33. The number of carbonyl (C=O) groups excluding carboxylic acids is 1. The lowest BCUT2D eigenvalue weighted by Crippen LogP contribution is -2.52. The van der Waals surface area contributed by atoms with Gasteiger partial charge in [0.2, 0.25) is 5.95 Å². The van der Waals surface area contributed by atoms with E-state index >= 15 is 0 Å². The average Bonchev–Trinajstić information content (AvgIpc) is 3.02. The third kappa shape index (κ3) is 3.61. The van der Waals surface area contributed by atoms with Gasteiger partial charge in [-0.3, -0.25) is 0 Å². The van der Waals surface area contributed by atoms with E-state index in [1.54, 1.807) is 18.5 Å². The van der Waals surface area contributed by atoms with Crippen molar-refractivity contribution in [2.45, 2.75) is 19.9 Å². The molecule has 3 heterocycles. The molecule has 23 heavy (non-hydrogen) atoms. The molecule has 1 fully saturated rings. The summed E-state index contributed by atoms with van der Waals surface area (Å²) >= 11 is 0. The smallest absolute Gasteiger partial charge is 0.318 e. The number of nitrogens with one attached hydrogen (secondary N) is 1. The lowest BCUT2D eigenvalue weighted by molar-refractivity contribution is 0.189. The highest BCUT2D eigenvalue weighted by Gasteiger charge is 2.24. The maximum Gasteiger partial charge on any atom is 0.318 e. The summed E-state index contributed by atoms with van der Waals surface area (Å²) in [6.07, 6.45) is 3.46. The Morgan fingerprint density at radius 2 is 1.91 bits per heavy atom. The number of nitrogens with zero attached hydrogens (tertiary/aromatic N) is 4. The SMILES string of the molecule is Cc1ccc(C(C)NC(=O)N2CCN(c3ncccn3)CC2)o1. The van der Waals surface area contributed by atoms with E-state index in [0.29, 0.717) is 19.0 Å². The normalized spacial score (nSPS) is 16.3. The van der Waals surface area contributed by atoms with E-state index in [2.05, 4.69) is 20.2 Å². The van der Waals surface area contributed by atoms with Crippen LogP contribution in [-0.4, -0.2) is 47.1 Å². The zero-order valence-electron chi connectivity index (χ0n) is 13.4. The summed E-state index contributed by atoms with van der Waals surface area (Å²) < 4.78 is 5.55. The fraction of sp³-hybridized carbons (Fsp3) is 0.438. The zero-order chi connectivity index (χ0) is 16.2. The Kier molecular flexibility index (Phi) is 4.45. The van der Waals surface area contributed by atoms with Gasteiger partial charge >= 0.3 is 6.03 Å². The van der Waals surface area contributed by atoms with Crippen LogP contribution in [0.4, 0.5) is 10.7 Å². The number of anilines is 1. The van der Waals surface area contributed by atoms with Gasteiger partial charge in [-0.1, -0.05) is 0 Å². The molecule has 0 radical (unpaired) electrons. The van der Waals surface area contributed by atoms with Gasteiger partial charge in [0.05, 0.1) is 6.04 Å². The quantitative estimate of drug-likeness (QED) is 0.937. The van der Waals surface area contributed by atoms with Crippen molar-refractivity contribution in [2.24, 2.45) is 0 Å². The Morgan fingerprint density at radius 1 is 1.22 bits per heavy atom. The molecule has 0 bridgehead atoms. The number of hydrogen-bond acceptors (Lipinski definition) is 5. The van der Waals surface area contributed by atoms with E-state index in [1.807, 2.05) is 30.9 Å². The average molecular weight is 315 g/mol. The van der Waals surface area contributed by atoms with Gasteiger partial charge in [-0.25, -0.2) is 14.8 Å². The predicted molar refractivity (Wildman–Crippen MR) is 86.2 cm³/mol. The lowest BCUT2D eigenvalue weighted by Gasteiger charge is -2.35. The second-order valence-electron chi connectivity index (χ2n) is 5.64. The number of hydrogen-bond donors (Lipinski definition) is 1. The molecule has 2 amide bonds. The Labute approximate surface area is 135 Å². The molecular weight excluding hydrogens is 294 g/mol. The van der Waals surface area contributed by atoms with Crippen molar-refractivity contribution in [3.63, 3.8) is 0 Å². The molecule has 0 spiro atoms. The molecule has 1 aliphatic rings. The second kappa shape index (κ2) is 6.68. The first kappa shape index (κ1) is 15.3. The Hall–Kier alpha value is -2.57. The first-order valence-corrected chi connectivity index (χ1v) is 7.77. The van der Waals surface area contributed by atoms with Crippen molar-refractivity contribution in [3.05, 3.63) is 42.1 Å². The molecule has 7 nitrogen and oxygen atoms in total. The number of rotatable bonds is 3. The molecule has 122 valence electrons. The summed E-state index contributed by atoms with van der Waals surface area (Å²) in [6.45, 7) is 6.56. The minimum Gasteiger partial charge on any atom is -0.464 e. The second-order valence-corrected chi connectivity index (χ2v) is 5.64. The lowest BCUT2D eigenvalue weighted by atomic mass is 10.2. The van der Waals surface area contributed by atoms with Crippen LogP contribution < -0.4 is 10.2 Å². The van der Waals surface area contributed by atoms with Crippen LogP contribution in [-0.2, 0) is 0 Å². The van der Waals surface area contributed by atoms with E-state index in [9.17, 15) is 4.79 Å². The molecule has 1 atom stereocenters. The first-order chi connectivity index (χ1) is 11.1. The molecule has 1 saturated heterocycles. The number of aromatic nitrogens is 2. The highest BCUT2D eigenvalue weighted by Crippen LogP contribution is 2.16. The molecular formula is C16H21N5O2. The first-order valence-electron chi connectivity index (χ1n) is 7.77. The summed E-state index contributed by atoms with van der Waals surface area (Å²) in [6, 6.07) is 5.37. The molecule has 2 aromatic rings. The Morgan fingerprint density at radius 3 is 2.52 bits per heavy atom. The van der Waals surface area contributed by atoms with Crippen LogP contribution in [0, 0.1) is 6.92 Å². The third-order valence-corrected chi connectivity index (χ3v) is 3.93. The fourth-order valence-electron chi connectivity index (χ4n) is 2.60. The predicted octanol–water partition coefficient (Wildman–Crippen LogP) is 1.97. The molecule has 1 aliphatic heterocycles. The van der Waals surface area contributed by atoms with Gasteiger partial charge in [0.15, 0.2) is 0 Å². The van der Waals surface area contributed by atoms with Gasteiger partial charge in [-0.05, 0) is 32.0 Å². The van der Waals surface area contributed by atoms with Crippen molar-refractivity contribution in [1.29, 1.82) is 0 Å². The van der Waals surface area contributed by atoms with E-state index < -0.39 is 0 Å². The van der Waals surface area contributed by atoms with Crippen LogP contribution in [0.25, 0.3) is 0 Å². The van der Waals surface area contributed by atoms with E-state index in [4.69, 9.17) is 4.42 Å². The molecule has 0 saturated carbocycles. The molecule has 1 N–H and O–H groups in total. The van der Waals surface area contributed by atoms with Crippen LogP contribution in [0.3, 0.4) is 0 Å². The number of carbonyl (C=O) groups is 1. The van der Waals surface area contributed by atoms with E-state index in [1.165, 1.54) is 0 Å². The highest BCUT2D eigenvalue weighted by molar-refractivity contribution is 5.75. The molecule has 0 aromatic carbocycles. The van der Waals surface area contributed by atoms with Gasteiger partial charge in [0.25, 0.3) is 0 Å². The monoisotopic (exact) mass is 315 g/mol. The van der Waals surface area contributed by atoms with E-state index in [-0.39, 0.29) is 12.1 Å². The van der Waals surface area contributed by atoms with Crippen LogP contribution in [0.1, 0.15) is 24.5 Å². The Balaban J connectivity index is 1.52. The maximum atomic E-state index is 12.4. The van der Waals surface area contributed by atoms with Crippen LogP contribution in [0.2, 0.25) is 0 Å².